The number of amides is 1. The van der Waals surface area contributed by atoms with E-state index in [2.05, 4.69) is 5.32 Å². The summed E-state index contributed by atoms with van der Waals surface area (Å²) in [6.07, 6.45) is 0. The van der Waals surface area contributed by atoms with E-state index in [4.69, 9.17) is 15.2 Å². The highest BCUT2D eigenvalue weighted by atomic mass is 19.1. The zero-order chi connectivity index (χ0) is 22.2. The maximum Gasteiger partial charge on any atom is 0.234 e. The Labute approximate surface area is 179 Å². The molecule has 162 valence electrons. The Hall–Kier alpha value is -3.45. The smallest absolute Gasteiger partial charge is 0.234 e. The number of ether oxygens (including phenoxy) is 2. The van der Waals surface area contributed by atoms with Crippen molar-refractivity contribution in [3.05, 3.63) is 95.1 Å². The van der Waals surface area contributed by atoms with Crippen LogP contribution in [0.15, 0.2) is 66.7 Å². The van der Waals surface area contributed by atoms with Gasteiger partial charge in [0.2, 0.25) is 5.91 Å². The number of hydrogen-bond acceptors (Lipinski definition) is 4. The molecule has 7 heteroatoms. The zero-order valence-electron chi connectivity index (χ0n) is 17.1. The number of rotatable bonds is 10. The molecule has 3 rings (SSSR count). The number of nitrogens with two attached hydrogens (primary N) is 1. The van der Waals surface area contributed by atoms with Crippen LogP contribution in [0.2, 0.25) is 0 Å². The Morgan fingerprint density at radius 3 is 2.26 bits per heavy atom. The SMILES string of the molecule is C[C@H](NCc1ccc(OCc2cccc(F)c2)c(OCc2ccc(F)cc2)c1)C(N)=O. The molecule has 1 atom stereocenters. The lowest BCUT2D eigenvalue weighted by molar-refractivity contribution is -0.119. The number of carbonyl (C=O) groups excluding carboxylic acids is 1. The third kappa shape index (κ3) is 6.79. The summed E-state index contributed by atoms with van der Waals surface area (Å²) < 4.78 is 38.3. The normalized spacial score (nSPS) is 11.7. The van der Waals surface area contributed by atoms with Crippen LogP contribution in [0.3, 0.4) is 0 Å². The van der Waals surface area contributed by atoms with Crippen molar-refractivity contribution in [3.63, 3.8) is 0 Å². The molecule has 0 spiro atoms. The van der Waals surface area contributed by atoms with Crippen LogP contribution >= 0.6 is 0 Å². The summed E-state index contributed by atoms with van der Waals surface area (Å²) in [6.45, 7) is 2.47. The largest absolute Gasteiger partial charge is 0.485 e. The molecule has 0 heterocycles. The van der Waals surface area contributed by atoms with E-state index >= 15 is 0 Å². The van der Waals surface area contributed by atoms with Gasteiger partial charge in [0, 0.05) is 6.54 Å². The lowest BCUT2D eigenvalue weighted by atomic mass is 10.1. The average Bonchev–Trinajstić information content (AvgIpc) is 2.76. The Kier molecular flexibility index (Phi) is 7.56. The van der Waals surface area contributed by atoms with E-state index in [0.29, 0.717) is 23.6 Å². The Bertz CT molecular complexity index is 1030. The number of primary amides is 1. The monoisotopic (exact) mass is 426 g/mol. The summed E-state index contributed by atoms with van der Waals surface area (Å²) in [4.78, 5) is 11.2. The van der Waals surface area contributed by atoms with Crippen molar-refractivity contribution in [2.45, 2.75) is 32.7 Å². The molecule has 0 saturated carbocycles. The second-order valence-corrected chi connectivity index (χ2v) is 7.12. The molecule has 5 nitrogen and oxygen atoms in total. The van der Waals surface area contributed by atoms with Crippen molar-refractivity contribution < 1.29 is 23.0 Å². The van der Waals surface area contributed by atoms with Gasteiger partial charge in [-0.2, -0.15) is 0 Å². The van der Waals surface area contributed by atoms with Crippen molar-refractivity contribution in [1.82, 2.24) is 5.32 Å². The first-order valence-corrected chi connectivity index (χ1v) is 9.81. The van der Waals surface area contributed by atoms with E-state index in [0.717, 1.165) is 11.1 Å². The minimum absolute atomic E-state index is 0.168. The van der Waals surface area contributed by atoms with Crippen molar-refractivity contribution in [2.75, 3.05) is 0 Å². The van der Waals surface area contributed by atoms with Crippen molar-refractivity contribution in [1.29, 1.82) is 0 Å². The number of carbonyl (C=O) groups is 1. The van der Waals surface area contributed by atoms with Crippen LogP contribution in [-0.4, -0.2) is 11.9 Å². The van der Waals surface area contributed by atoms with E-state index < -0.39 is 11.9 Å². The van der Waals surface area contributed by atoms with E-state index in [1.54, 1.807) is 43.3 Å². The lowest BCUT2D eigenvalue weighted by Crippen LogP contribution is -2.38. The lowest BCUT2D eigenvalue weighted by Gasteiger charge is -2.16. The molecule has 3 aromatic rings. The van der Waals surface area contributed by atoms with Crippen molar-refractivity contribution in [3.8, 4) is 11.5 Å². The molecule has 0 aromatic heterocycles. The Morgan fingerprint density at radius 2 is 1.55 bits per heavy atom. The quantitative estimate of drug-likeness (QED) is 0.512. The van der Waals surface area contributed by atoms with Crippen LogP contribution in [0.5, 0.6) is 11.5 Å². The summed E-state index contributed by atoms with van der Waals surface area (Å²) in [7, 11) is 0. The molecule has 0 radical (unpaired) electrons. The maximum atomic E-state index is 13.4. The Balaban J connectivity index is 1.74. The number of benzene rings is 3. The summed E-state index contributed by atoms with van der Waals surface area (Å²) >= 11 is 0. The van der Waals surface area contributed by atoms with Crippen LogP contribution in [0.25, 0.3) is 0 Å². The molecule has 0 aliphatic heterocycles. The highest BCUT2D eigenvalue weighted by Gasteiger charge is 2.11. The second-order valence-electron chi connectivity index (χ2n) is 7.12. The molecular weight excluding hydrogens is 402 g/mol. The summed E-state index contributed by atoms with van der Waals surface area (Å²) in [6, 6.07) is 17.1. The molecule has 0 aliphatic rings. The van der Waals surface area contributed by atoms with Gasteiger partial charge in [-0.05, 0) is 60.0 Å². The van der Waals surface area contributed by atoms with E-state index in [9.17, 15) is 13.6 Å². The average molecular weight is 426 g/mol. The van der Waals surface area contributed by atoms with Gasteiger partial charge in [0.1, 0.15) is 24.8 Å². The fourth-order valence-corrected chi connectivity index (χ4v) is 2.80. The first-order chi connectivity index (χ1) is 14.9. The van der Waals surface area contributed by atoms with Crippen LogP contribution in [-0.2, 0) is 24.6 Å². The van der Waals surface area contributed by atoms with Crippen LogP contribution in [0.1, 0.15) is 23.6 Å². The topological polar surface area (TPSA) is 73.6 Å². The first kappa shape index (κ1) is 22.2. The predicted octanol–water partition coefficient (Wildman–Crippen LogP) is 4.09. The highest BCUT2D eigenvalue weighted by molar-refractivity contribution is 5.79. The minimum atomic E-state index is -0.479. The fourth-order valence-electron chi connectivity index (χ4n) is 2.80. The van der Waals surface area contributed by atoms with Gasteiger partial charge in [-0.25, -0.2) is 8.78 Å². The summed E-state index contributed by atoms with van der Waals surface area (Å²) in [5.74, 6) is -0.133. The van der Waals surface area contributed by atoms with Gasteiger partial charge in [-0.15, -0.1) is 0 Å². The molecule has 0 bridgehead atoms. The number of hydrogen-bond donors (Lipinski definition) is 2. The maximum absolute atomic E-state index is 13.4. The van der Waals surface area contributed by atoms with Crippen molar-refractivity contribution in [2.24, 2.45) is 5.73 Å². The van der Waals surface area contributed by atoms with Gasteiger partial charge in [0.15, 0.2) is 11.5 Å². The van der Waals surface area contributed by atoms with E-state index in [1.165, 1.54) is 24.3 Å². The molecule has 1 amide bonds. The van der Waals surface area contributed by atoms with E-state index in [1.807, 2.05) is 6.07 Å². The van der Waals surface area contributed by atoms with Crippen LogP contribution < -0.4 is 20.5 Å². The van der Waals surface area contributed by atoms with Crippen molar-refractivity contribution >= 4 is 5.91 Å². The molecule has 3 N–H and O–H groups in total. The van der Waals surface area contributed by atoms with Gasteiger partial charge in [-0.3, -0.25) is 4.79 Å². The first-order valence-electron chi connectivity index (χ1n) is 9.81. The van der Waals surface area contributed by atoms with Gasteiger partial charge in [0.05, 0.1) is 6.04 Å². The third-order valence-corrected chi connectivity index (χ3v) is 4.64. The molecule has 0 aliphatic carbocycles. The molecule has 0 saturated heterocycles. The second kappa shape index (κ2) is 10.5. The Morgan fingerprint density at radius 1 is 0.871 bits per heavy atom. The molecule has 0 unspecified atom stereocenters. The van der Waals surface area contributed by atoms with Gasteiger partial charge >= 0.3 is 0 Å². The highest BCUT2D eigenvalue weighted by Crippen LogP contribution is 2.30. The molecule has 0 fully saturated rings. The number of halogens is 2. The minimum Gasteiger partial charge on any atom is -0.485 e. The summed E-state index contributed by atoms with van der Waals surface area (Å²) in [5.41, 5.74) is 7.62. The zero-order valence-corrected chi connectivity index (χ0v) is 17.1. The third-order valence-electron chi connectivity index (χ3n) is 4.64. The van der Waals surface area contributed by atoms with Crippen LogP contribution in [0, 0.1) is 11.6 Å². The standard InChI is InChI=1S/C24H24F2N2O3/c1-16(24(27)29)28-13-18-7-10-22(30-15-19-3-2-4-21(26)11-19)23(12-18)31-14-17-5-8-20(25)9-6-17/h2-12,16,28H,13-15H2,1H3,(H2,27,29)/t16-/m0/s1. The molecule has 3 aromatic carbocycles. The summed E-state index contributed by atoms with van der Waals surface area (Å²) in [5, 5.41) is 3.03. The van der Waals surface area contributed by atoms with Gasteiger partial charge in [-0.1, -0.05) is 30.3 Å². The predicted molar refractivity (Wildman–Crippen MR) is 113 cm³/mol. The van der Waals surface area contributed by atoms with Gasteiger partial charge < -0.3 is 20.5 Å². The van der Waals surface area contributed by atoms with Crippen LogP contribution in [0.4, 0.5) is 8.78 Å². The molecule has 31 heavy (non-hydrogen) atoms. The fraction of sp³-hybridized carbons (Fsp3) is 0.208. The number of nitrogens with one attached hydrogen (secondary N) is 1. The molecular formula is C24H24F2N2O3. The van der Waals surface area contributed by atoms with E-state index in [-0.39, 0.29) is 24.8 Å². The van der Waals surface area contributed by atoms with Gasteiger partial charge in [0.25, 0.3) is 0 Å².